The summed E-state index contributed by atoms with van der Waals surface area (Å²) >= 11 is 6.09. The van der Waals surface area contributed by atoms with Crippen LogP contribution >= 0.6 is 11.6 Å². The molecule has 130 valence electrons. The minimum absolute atomic E-state index is 0.00121. The number of nitrogens with zero attached hydrogens (tertiary/aromatic N) is 2. The first kappa shape index (κ1) is 18.5. The van der Waals surface area contributed by atoms with Gasteiger partial charge in [0.25, 0.3) is 0 Å². The number of aromatic nitrogens is 2. The van der Waals surface area contributed by atoms with Crippen molar-refractivity contribution in [3.05, 3.63) is 46.0 Å². The number of nitrogens with one attached hydrogen (secondary N) is 1. The number of benzene rings is 1. The molecule has 2 rings (SSSR count). The summed E-state index contributed by atoms with van der Waals surface area (Å²) < 4.78 is 14.9. The van der Waals surface area contributed by atoms with E-state index in [4.69, 9.17) is 11.6 Å². The smallest absolute Gasteiger partial charge is 0.227 e. The lowest BCUT2D eigenvalue weighted by Crippen LogP contribution is -2.22. The van der Waals surface area contributed by atoms with Crippen LogP contribution in [-0.2, 0) is 11.3 Å². The van der Waals surface area contributed by atoms with Crippen LogP contribution in [0, 0.1) is 25.6 Å². The average molecular weight is 352 g/mol. The topological polar surface area (TPSA) is 46.9 Å². The Kier molecular flexibility index (Phi) is 5.99. The molecule has 2 aromatic rings. The Morgan fingerprint density at radius 2 is 2.00 bits per heavy atom. The van der Waals surface area contributed by atoms with E-state index in [2.05, 4.69) is 10.4 Å². The van der Waals surface area contributed by atoms with E-state index < -0.39 is 0 Å². The summed E-state index contributed by atoms with van der Waals surface area (Å²) in [4.78, 5) is 12.3. The number of halogens is 2. The van der Waals surface area contributed by atoms with Crippen LogP contribution in [0.2, 0.25) is 5.02 Å². The Morgan fingerprint density at radius 3 is 2.58 bits per heavy atom. The number of amides is 1. The van der Waals surface area contributed by atoms with Gasteiger partial charge in [-0.15, -0.1) is 0 Å². The molecule has 1 amide bonds. The van der Waals surface area contributed by atoms with E-state index in [1.807, 2.05) is 27.7 Å². The van der Waals surface area contributed by atoms with Gasteiger partial charge in [0.1, 0.15) is 5.82 Å². The van der Waals surface area contributed by atoms with Crippen molar-refractivity contribution < 1.29 is 9.18 Å². The summed E-state index contributed by atoms with van der Waals surface area (Å²) in [7, 11) is 0. The maximum absolute atomic E-state index is 13.2. The van der Waals surface area contributed by atoms with Crippen molar-refractivity contribution in [3.8, 4) is 0 Å². The zero-order valence-corrected chi connectivity index (χ0v) is 15.2. The predicted octanol–water partition coefficient (Wildman–Crippen LogP) is 4.72. The van der Waals surface area contributed by atoms with Crippen molar-refractivity contribution in [2.24, 2.45) is 5.92 Å². The molecule has 1 aromatic carbocycles. The quantitative estimate of drug-likeness (QED) is 0.818. The Bertz CT molecular complexity index is 738. The molecule has 0 saturated carbocycles. The molecule has 1 heterocycles. The van der Waals surface area contributed by atoms with Gasteiger partial charge in [-0.1, -0.05) is 31.5 Å². The molecule has 6 heteroatoms. The highest BCUT2D eigenvalue weighted by molar-refractivity contribution is 6.31. The van der Waals surface area contributed by atoms with Crippen molar-refractivity contribution >= 4 is 23.2 Å². The summed E-state index contributed by atoms with van der Waals surface area (Å²) in [5, 5.41) is 7.84. The molecular weight excluding hydrogens is 329 g/mol. The Balaban J connectivity index is 2.24. The fourth-order valence-corrected chi connectivity index (χ4v) is 2.95. The Morgan fingerprint density at radius 1 is 1.33 bits per heavy atom. The zero-order chi connectivity index (χ0) is 17.9. The number of hydrogen-bond acceptors (Lipinski definition) is 2. The molecule has 0 aliphatic heterocycles. The van der Waals surface area contributed by atoms with E-state index in [1.54, 1.807) is 10.7 Å². The largest absolute Gasteiger partial charge is 0.323 e. The van der Waals surface area contributed by atoms with Crippen LogP contribution in [0.5, 0.6) is 0 Å². The van der Waals surface area contributed by atoms with Gasteiger partial charge in [0, 0.05) is 10.9 Å². The number of hydrogen-bond donors (Lipinski definition) is 1. The first-order valence-electron chi connectivity index (χ1n) is 8.16. The van der Waals surface area contributed by atoms with Crippen molar-refractivity contribution in [2.75, 3.05) is 5.32 Å². The van der Waals surface area contributed by atoms with E-state index in [1.165, 1.54) is 12.1 Å². The standard InChI is InChI=1S/C18H23ClFN3O/c1-5-13(6-2)18(24)21-17-11(3)22-23(12(17)4)10-14-7-8-15(20)9-16(14)19/h7-9,13H,5-6,10H2,1-4H3,(H,21,24). The van der Waals surface area contributed by atoms with E-state index in [0.717, 1.165) is 35.5 Å². The second-order valence-electron chi connectivity index (χ2n) is 5.94. The van der Waals surface area contributed by atoms with Gasteiger partial charge in [-0.2, -0.15) is 5.10 Å². The van der Waals surface area contributed by atoms with Crippen molar-refractivity contribution in [1.82, 2.24) is 9.78 Å². The zero-order valence-electron chi connectivity index (χ0n) is 14.5. The molecule has 0 unspecified atom stereocenters. The molecule has 1 N–H and O–H groups in total. The highest BCUT2D eigenvalue weighted by atomic mass is 35.5. The van der Waals surface area contributed by atoms with Gasteiger partial charge in [-0.3, -0.25) is 9.48 Å². The van der Waals surface area contributed by atoms with Gasteiger partial charge in [-0.25, -0.2) is 4.39 Å². The van der Waals surface area contributed by atoms with E-state index in [9.17, 15) is 9.18 Å². The molecular formula is C18H23ClFN3O. The first-order valence-corrected chi connectivity index (χ1v) is 8.53. The van der Waals surface area contributed by atoms with Crippen LogP contribution < -0.4 is 5.32 Å². The van der Waals surface area contributed by atoms with Crippen molar-refractivity contribution in [3.63, 3.8) is 0 Å². The second kappa shape index (κ2) is 7.79. The fraction of sp³-hybridized carbons (Fsp3) is 0.444. The van der Waals surface area contributed by atoms with Crippen molar-refractivity contribution in [1.29, 1.82) is 0 Å². The second-order valence-corrected chi connectivity index (χ2v) is 6.35. The summed E-state index contributed by atoms with van der Waals surface area (Å²) in [6, 6.07) is 4.32. The molecule has 0 atom stereocenters. The number of aryl methyl sites for hydroxylation is 1. The summed E-state index contributed by atoms with van der Waals surface area (Å²) in [5.41, 5.74) is 3.13. The van der Waals surface area contributed by atoms with E-state index in [0.29, 0.717) is 11.6 Å². The van der Waals surface area contributed by atoms with Gasteiger partial charge in [0.2, 0.25) is 5.91 Å². The molecule has 24 heavy (non-hydrogen) atoms. The molecule has 1 aromatic heterocycles. The maximum Gasteiger partial charge on any atom is 0.227 e. The lowest BCUT2D eigenvalue weighted by atomic mass is 10.0. The van der Waals surface area contributed by atoms with Crippen molar-refractivity contribution in [2.45, 2.75) is 47.1 Å². The summed E-state index contributed by atoms with van der Waals surface area (Å²) in [6.07, 6.45) is 1.61. The molecule has 0 radical (unpaired) electrons. The number of rotatable bonds is 6. The molecule has 0 aliphatic rings. The third-order valence-corrected chi connectivity index (χ3v) is 4.67. The minimum Gasteiger partial charge on any atom is -0.323 e. The average Bonchev–Trinajstić information content (AvgIpc) is 2.79. The maximum atomic E-state index is 13.2. The molecule has 0 fully saturated rings. The lowest BCUT2D eigenvalue weighted by Gasteiger charge is -2.13. The lowest BCUT2D eigenvalue weighted by molar-refractivity contribution is -0.120. The Hall–Kier alpha value is -1.88. The predicted molar refractivity (Wildman–Crippen MR) is 94.9 cm³/mol. The van der Waals surface area contributed by atoms with Gasteiger partial charge in [0.15, 0.2) is 0 Å². The third-order valence-electron chi connectivity index (χ3n) is 4.32. The SMILES string of the molecule is CCC(CC)C(=O)Nc1c(C)nn(Cc2ccc(F)cc2Cl)c1C. The van der Waals surface area contributed by atoms with Crippen LogP contribution in [0.3, 0.4) is 0 Å². The minimum atomic E-state index is -0.366. The monoisotopic (exact) mass is 351 g/mol. The summed E-state index contributed by atoms with van der Waals surface area (Å²) in [6.45, 7) is 8.20. The van der Waals surface area contributed by atoms with Gasteiger partial charge in [-0.05, 0) is 44.4 Å². The van der Waals surface area contributed by atoms with Crippen LogP contribution in [-0.4, -0.2) is 15.7 Å². The fourth-order valence-electron chi connectivity index (χ4n) is 2.73. The van der Waals surface area contributed by atoms with Gasteiger partial charge in [0.05, 0.1) is 23.6 Å². The van der Waals surface area contributed by atoms with Gasteiger partial charge >= 0.3 is 0 Å². The molecule has 0 bridgehead atoms. The number of carbonyl (C=O) groups is 1. The van der Waals surface area contributed by atoms with E-state index >= 15 is 0 Å². The normalized spacial score (nSPS) is 11.1. The number of carbonyl (C=O) groups excluding carboxylic acids is 1. The molecule has 0 spiro atoms. The molecule has 4 nitrogen and oxygen atoms in total. The number of anilines is 1. The summed E-state index contributed by atoms with van der Waals surface area (Å²) in [5.74, 6) is -0.348. The highest BCUT2D eigenvalue weighted by Gasteiger charge is 2.19. The first-order chi connectivity index (χ1) is 11.4. The van der Waals surface area contributed by atoms with E-state index in [-0.39, 0.29) is 17.6 Å². The highest BCUT2D eigenvalue weighted by Crippen LogP contribution is 2.24. The molecule has 0 saturated heterocycles. The van der Waals surface area contributed by atoms with Gasteiger partial charge < -0.3 is 5.32 Å². The van der Waals surface area contributed by atoms with Crippen LogP contribution in [0.15, 0.2) is 18.2 Å². The van der Waals surface area contributed by atoms with Crippen LogP contribution in [0.25, 0.3) is 0 Å². The van der Waals surface area contributed by atoms with Crippen LogP contribution in [0.1, 0.15) is 43.6 Å². The molecule has 0 aliphatic carbocycles. The third kappa shape index (κ3) is 3.96. The Labute approximate surface area is 147 Å². The van der Waals surface area contributed by atoms with Crippen LogP contribution in [0.4, 0.5) is 10.1 Å².